The van der Waals surface area contributed by atoms with E-state index in [1.165, 1.54) is 50.3 Å². The summed E-state index contributed by atoms with van der Waals surface area (Å²) < 4.78 is 0. The standard InChI is InChI=1S/C12H21NOS/c14-12-9-3-5-13(6-4-9)11(12)10-2-1-7-15-8-10/h9-12,14H,1-8H2. The number of aliphatic hydroxyl groups excluding tert-OH is 1. The SMILES string of the molecule is OC1C2CCN(CC2)C1C1CCCSC1. The molecule has 4 aliphatic heterocycles. The molecule has 2 nitrogen and oxygen atoms in total. The Morgan fingerprint density at radius 1 is 1.07 bits per heavy atom. The smallest absolute Gasteiger partial charge is 0.0727 e. The number of aliphatic hydroxyl groups is 1. The first-order valence-corrected chi connectivity index (χ1v) is 7.51. The highest BCUT2D eigenvalue weighted by atomic mass is 32.2. The van der Waals surface area contributed by atoms with Gasteiger partial charge in [0.2, 0.25) is 0 Å². The summed E-state index contributed by atoms with van der Waals surface area (Å²) in [4.78, 5) is 2.57. The van der Waals surface area contributed by atoms with Crippen LogP contribution in [-0.2, 0) is 0 Å². The van der Waals surface area contributed by atoms with Crippen molar-refractivity contribution in [2.24, 2.45) is 11.8 Å². The van der Waals surface area contributed by atoms with Gasteiger partial charge in [-0.15, -0.1) is 0 Å². The number of thioether (sulfide) groups is 1. The van der Waals surface area contributed by atoms with Crippen molar-refractivity contribution in [3.05, 3.63) is 0 Å². The number of hydrogen-bond acceptors (Lipinski definition) is 3. The lowest BCUT2D eigenvalue weighted by Crippen LogP contribution is -2.61. The quantitative estimate of drug-likeness (QED) is 0.736. The maximum atomic E-state index is 10.4. The van der Waals surface area contributed by atoms with Crippen LogP contribution in [0.2, 0.25) is 0 Å². The Labute approximate surface area is 96.4 Å². The van der Waals surface area contributed by atoms with Gasteiger partial charge < -0.3 is 5.11 Å². The fourth-order valence-electron chi connectivity index (χ4n) is 3.67. The van der Waals surface area contributed by atoms with E-state index in [4.69, 9.17) is 0 Å². The molecule has 0 aromatic heterocycles. The van der Waals surface area contributed by atoms with Crippen LogP contribution in [-0.4, -0.2) is 46.7 Å². The summed E-state index contributed by atoms with van der Waals surface area (Å²) in [6.07, 6.45) is 5.15. The third kappa shape index (κ3) is 1.83. The highest BCUT2D eigenvalue weighted by Crippen LogP contribution is 2.39. The Kier molecular flexibility index (Phi) is 2.97. The molecule has 4 heterocycles. The van der Waals surface area contributed by atoms with Crippen LogP contribution in [0.4, 0.5) is 0 Å². The van der Waals surface area contributed by atoms with Gasteiger partial charge in [-0.25, -0.2) is 0 Å². The molecular formula is C12H21NOS. The molecule has 4 fully saturated rings. The predicted molar refractivity (Wildman–Crippen MR) is 64.1 cm³/mol. The van der Waals surface area contributed by atoms with Gasteiger partial charge >= 0.3 is 0 Å². The minimum Gasteiger partial charge on any atom is -0.391 e. The molecule has 1 N–H and O–H groups in total. The van der Waals surface area contributed by atoms with Crippen molar-refractivity contribution in [3.63, 3.8) is 0 Å². The minimum absolute atomic E-state index is 0.0174. The molecule has 4 saturated heterocycles. The van der Waals surface area contributed by atoms with Gasteiger partial charge in [-0.2, -0.15) is 11.8 Å². The van der Waals surface area contributed by atoms with E-state index in [1.807, 2.05) is 0 Å². The lowest BCUT2D eigenvalue weighted by molar-refractivity contribution is -0.0912. The summed E-state index contributed by atoms with van der Waals surface area (Å²) in [5, 5.41) is 10.4. The van der Waals surface area contributed by atoms with E-state index in [1.54, 1.807) is 0 Å². The first-order chi connectivity index (χ1) is 7.36. The van der Waals surface area contributed by atoms with Crippen molar-refractivity contribution in [1.29, 1.82) is 0 Å². The highest BCUT2D eigenvalue weighted by Gasteiger charge is 2.44. The van der Waals surface area contributed by atoms with E-state index >= 15 is 0 Å². The number of rotatable bonds is 1. The largest absolute Gasteiger partial charge is 0.391 e. The van der Waals surface area contributed by atoms with Crippen molar-refractivity contribution in [3.8, 4) is 0 Å². The number of piperidine rings is 3. The Morgan fingerprint density at radius 2 is 1.87 bits per heavy atom. The van der Waals surface area contributed by atoms with Crippen LogP contribution in [0.25, 0.3) is 0 Å². The zero-order valence-corrected chi connectivity index (χ0v) is 10.1. The molecule has 0 aliphatic carbocycles. The summed E-state index contributed by atoms with van der Waals surface area (Å²) in [5.74, 6) is 4.00. The van der Waals surface area contributed by atoms with Gasteiger partial charge in [0, 0.05) is 6.04 Å². The topological polar surface area (TPSA) is 23.5 Å². The van der Waals surface area contributed by atoms with E-state index in [-0.39, 0.29) is 6.10 Å². The van der Waals surface area contributed by atoms with Crippen molar-refractivity contribution in [2.45, 2.75) is 37.8 Å². The lowest BCUT2D eigenvalue weighted by atomic mass is 9.75. The van der Waals surface area contributed by atoms with E-state index in [2.05, 4.69) is 16.7 Å². The maximum Gasteiger partial charge on any atom is 0.0727 e. The van der Waals surface area contributed by atoms with Crippen molar-refractivity contribution in [2.75, 3.05) is 24.6 Å². The van der Waals surface area contributed by atoms with Crippen LogP contribution >= 0.6 is 11.8 Å². The Morgan fingerprint density at radius 3 is 2.47 bits per heavy atom. The summed E-state index contributed by atoms with van der Waals surface area (Å²) in [7, 11) is 0. The summed E-state index contributed by atoms with van der Waals surface area (Å²) >= 11 is 2.09. The number of nitrogens with zero attached hydrogens (tertiary/aromatic N) is 1. The zero-order valence-electron chi connectivity index (χ0n) is 9.27. The fourth-order valence-corrected chi connectivity index (χ4v) is 4.87. The monoisotopic (exact) mass is 227 g/mol. The van der Waals surface area contributed by atoms with Crippen molar-refractivity contribution in [1.82, 2.24) is 4.90 Å². The van der Waals surface area contributed by atoms with Crippen LogP contribution in [0.15, 0.2) is 0 Å². The Bertz CT molecular complexity index is 220. The second-order valence-corrected chi connectivity index (χ2v) is 6.48. The summed E-state index contributed by atoms with van der Waals surface area (Å²) in [6.45, 7) is 2.49. The maximum absolute atomic E-state index is 10.4. The van der Waals surface area contributed by atoms with Crippen LogP contribution in [0.1, 0.15) is 25.7 Å². The molecule has 4 aliphatic rings. The van der Waals surface area contributed by atoms with Gasteiger partial charge in [-0.05, 0) is 62.1 Å². The normalized spacial score (nSPS) is 50.6. The second-order valence-electron chi connectivity index (χ2n) is 5.33. The molecule has 0 aromatic carbocycles. The molecule has 3 unspecified atom stereocenters. The average Bonchev–Trinajstić information content (AvgIpc) is 2.31. The first kappa shape index (κ1) is 10.4. The van der Waals surface area contributed by atoms with Gasteiger partial charge in [0.05, 0.1) is 6.10 Å². The predicted octanol–water partition coefficient (Wildman–Crippen LogP) is 1.58. The molecule has 3 heteroatoms. The molecule has 0 radical (unpaired) electrons. The van der Waals surface area contributed by atoms with Gasteiger partial charge in [0.15, 0.2) is 0 Å². The average molecular weight is 227 g/mol. The summed E-state index contributed by atoms with van der Waals surface area (Å²) in [6, 6.07) is 0.505. The van der Waals surface area contributed by atoms with E-state index in [0.717, 1.165) is 5.92 Å². The molecule has 0 amide bonds. The second kappa shape index (κ2) is 4.27. The fraction of sp³-hybridized carbons (Fsp3) is 1.00. The molecule has 15 heavy (non-hydrogen) atoms. The lowest BCUT2D eigenvalue weighted by Gasteiger charge is -2.52. The van der Waals surface area contributed by atoms with E-state index < -0.39 is 0 Å². The molecule has 0 spiro atoms. The molecular weight excluding hydrogens is 206 g/mol. The highest BCUT2D eigenvalue weighted by molar-refractivity contribution is 7.99. The molecule has 4 rings (SSSR count). The van der Waals surface area contributed by atoms with Crippen LogP contribution in [0.5, 0.6) is 0 Å². The third-order valence-electron chi connectivity index (χ3n) is 4.51. The van der Waals surface area contributed by atoms with Gasteiger partial charge in [0.25, 0.3) is 0 Å². The van der Waals surface area contributed by atoms with Crippen molar-refractivity contribution >= 4 is 11.8 Å². The van der Waals surface area contributed by atoms with Crippen molar-refractivity contribution < 1.29 is 5.11 Å². The zero-order chi connectivity index (χ0) is 10.3. The molecule has 86 valence electrons. The number of fused-ring (bicyclic) bond motifs is 3. The molecule has 0 aromatic rings. The van der Waals surface area contributed by atoms with Gasteiger partial charge in [-0.1, -0.05) is 0 Å². The van der Waals surface area contributed by atoms with Gasteiger partial charge in [-0.3, -0.25) is 4.90 Å². The Hall–Kier alpha value is 0.270. The number of hydrogen-bond donors (Lipinski definition) is 1. The first-order valence-electron chi connectivity index (χ1n) is 6.36. The van der Waals surface area contributed by atoms with Crippen LogP contribution in [0, 0.1) is 11.8 Å². The van der Waals surface area contributed by atoms with Crippen LogP contribution in [0.3, 0.4) is 0 Å². The van der Waals surface area contributed by atoms with E-state index in [0.29, 0.717) is 12.0 Å². The molecule has 0 saturated carbocycles. The van der Waals surface area contributed by atoms with E-state index in [9.17, 15) is 5.11 Å². The molecule has 3 atom stereocenters. The Balaban J connectivity index is 1.73. The molecule has 2 bridgehead atoms. The third-order valence-corrected chi connectivity index (χ3v) is 5.75. The summed E-state index contributed by atoms with van der Waals surface area (Å²) in [5.41, 5.74) is 0. The minimum atomic E-state index is -0.0174. The van der Waals surface area contributed by atoms with Gasteiger partial charge in [0.1, 0.15) is 0 Å². The van der Waals surface area contributed by atoms with Crippen LogP contribution < -0.4 is 0 Å².